The summed E-state index contributed by atoms with van der Waals surface area (Å²) in [6.07, 6.45) is 4.67. The van der Waals surface area contributed by atoms with Crippen LogP contribution in [0.25, 0.3) is 10.8 Å². The summed E-state index contributed by atoms with van der Waals surface area (Å²) in [5.41, 5.74) is 2.37. The van der Waals surface area contributed by atoms with Crippen LogP contribution in [-0.4, -0.2) is 21.5 Å². The summed E-state index contributed by atoms with van der Waals surface area (Å²) < 4.78 is 0. The Morgan fingerprint density at radius 1 is 1.33 bits per heavy atom. The molecule has 0 saturated carbocycles. The van der Waals surface area contributed by atoms with E-state index in [1.807, 2.05) is 11.6 Å². The molecule has 5 heteroatoms. The topological polar surface area (TPSA) is 50.7 Å². The van der Waals surface area contributed by atoms with Gasteiger partial charge in [0.15, 0.2) is 10.8 Å². The minimum absolute atomic E-state index is 0.755. The molecular weight excluding hydrogens is 208 g/mol. The Morgan fingerprint density at radius 3 is 3.20 bits per heavy atom. The van der Waals surface area contributed by atoms with Crippen LogP contribution < -0.4 is 5.32 Å². The fourth-order valence-electron chi connectivity index (χ4n) is 1.67. The molecule has 0 bridgehead atoms. The minimum Gasteiger partial charge on any atom is -0.312 e. The van der Waals surface area contributed by atoms with E-state index in [9.17, 15) is 0 Å². The first kappa shape index (κ1) is 8.94. The zero-order chi connectivity index (χ0) is 10.1. The van der Waals surface area contributed by atoms with Crippen molar-refractivity contribution in [2.45, 2.75) is 13.0 Å². The van der Waals surface area contributed by atoms with Crippen LogP contribution in [0.1, 0.15) is 11.3 Å². The van der Waals surface area contributed by atoms with Crippen molar-refractivity contribution in [3.63, 3.8) is 0 Å². The van der Waals surface area contributed by atoms with E-state index in [0.29, 0.717) is 0 Å². The molecule has 76 valence electrons. The van der Waals surface area contributed by atoms with Crippen molar-refractivity contribution in [2.75, 3.05) is 6.54 Å². The van der Waals surface area contributed by atoms with Crippen molar-refractivity contribution in [3.8, 4) is 10.8 Å². The van der Waals surface area contributed by atoms with Gasteiger partial charge in [0, 0.05) is 42.8 Å². The molecule has 0 saturated heterocycles. The Balaban J connectivity index is 2.04. The van der Waals surface area contributed by atoms with Crippen LogP contribution in [-0.2, 0) is 13.0 Å². The summed E-state index contributed by atoms with van der Waals surface area (Å²) in [6, 6.07) is 0. The molecule has 3 rings (SSSR count). The van der Waals surface area contributed by atoms with E-state index in [4.69, 9.17) is 0 Å². The summed E-state index contributed by atoms with van der Waals surface area (Å²) >= 11 is 1.57. The average Bonchev–Trinajstić information content (AvgIpc) is 2.82. The Bertz CT molecular complexity index is 466. The summed E-state index contributed by atoms with van der Waals surface area (Å²) in [5, 5.41) is 6.15. The van der Waals surface area contributed by atoms with Gasteiger partial charge in [-0.2, -0.15) is 0 Å². The number of rotatable bonds is 1. The van der Waals surface area contributed by atoms with Crippen LogP contribution in [0.15, 0.2) is 17.8 Å². The average molecular weight is 218 g/mol. The van der Waals surface area contributed by atoms with Crippen molar-refractivity contribution in [3.05, 3.63) is 29.0 Å². The normalized spacial score (nSPS) is 14.9. The number of fused-ring (bicyclic) bond motifs is 1. The second-order valence-electron chi connectivity index (χ2n) is 3.43. The maximum absolute atomic E-state index is 4.55. The fraction of sp³-hybridized carbons (Fsp3) is 0.300. The van der Waals surface area contributed by atoms with Crippen LogP contribution in [0, 0.1) is 0 Å². The molecule has 2 aromatic rings. The monoisotopic (exact) mass is 218 g/mol. The molecule has 15 heavy (non-hydrogen) atoms. The van der Waals surface area contributed by atoms with Gasteiger partial charge in [0.05, 0.1) is 5.69 Å². The van der Waals surface area contributed by atoms with Gasteiger partial charge in [-0.15, -0.1) is 11.3 Å². The Labute approximate surface area is 91.4 Å². The number of hydrogen-bond acceptors (Lipinski definition) is 5. The van der Waals surface area contributed by atoms with Crippen LogP contribution >= 0.6 is 11.3 Å². The maximum atomic E-state index is 4.55. The molecule has 2 aromatic heterocycles. The van der Waals surface area contributed by atoms with Gasteiger partial charge >= 0.3 is 0 Å². The number of thiazole rings is 1. The summed E-state index contributed by atoms with van der Waals surface area (Å²) in [7, 11) is 0. The first-order valence-electron chi connectivity index (χ1n) is 4.89. The van der Waals surface area contributed by atoms with Gasteiger partial charge < -0.3 is 5.32 Å². The third kappa shape index (κ3) is 1.64. The minimum atomic E-state index is 0.755. The first-order valence-corrected chi connectivity index (χ1v) is 5.77. The van der Waals surface area contributed by atoms with Gasteiger partial charge in [0.1, 0.15) is 0 Å². The zero-order valence-electron chi connectivity index (χ0n) is 8.10. The number of nitrogens with zero attached hydrogens (tertiary/aromatic N) is 3. The molecule has 4 nitrogen and oxygen atoms in total. The van der Waals surface area contributed by atoms with Gasteiger partial charge in [-0.1, -0.05) is 0 Å². The van der Waals surface area contributed by atoms with Crippen molar-refractivity contribution in [2.24, 2.45) is 0 Å². The molecule has 0 spiro atoms. The second-order valence-corrected chi connectivity index (χ2v) is 4.32. The van der Waals surface area contributed by atoms with Crippen LogP contribution in [0.4, 0.5) is 0 Å². The molecule has 0 aromatic carbocycles. The summed E-state index contributed by atoms with van der Waals surface area (Å²) in [6.45, 7) is 1.88. The van der Waals surface area contributed by atoms with Crippen molar-refractivity contribution >= 4 is 11.3 Å². The third-order valence-electron chi connectivity index (χ3n) is 2.43. The van der Waals surface area contributed by atoms with Crippen molar-refractivity contribution in [1.82, 2.24) is 20.3 Å². The lowest BCUT2D eigenvalue weighted by Crippen LogP contribution is -2.24. The van der Waals surface area contributed by atoms with E-state index in [0.717, 1.165) is 36.0 Å². The zero-order valence-corrected chi connectivity index (χ0v) is 8.92. The molecule has 1 N–H and O–H groups in total. The highest BCUT2D eigenvalue weighted by molar-refractivity contribution is 7.12. The molecule has 0 aliphatic carbocycles. The smallest absolute Gasteiger partial charge is 0.188 e. The van der Waals surface area contributed by atoms with Gasteiger partial charge in [-0.3, -0.25) is 0 Å². The standard InChI is InChI=1S/C10H10N4S/c1-2-11-5-7-6-13-9(14-8(1)7)10-12-3-4-15-10/h3-4,6,11H,1-2,5H2. The summed E-state index contributed by atoms with van der Waals surface area (Å²) in [5.74, 6) is 0.755. The van der Waals surface area contributed by atoms with E-state index in [1.54, 1.807) is 17.5 Å². The molecule has 0 radical (unpaired) electrons. The molecule has 0 amide bonds. The van der Waals surface area contributed by atoms with Gasteiger partial charge in [0.2, 0.25) is 0 Å². The molecule has 0 unspecified atom stereocenters. The fourth-order valence-corrected chi connectivity index (χ4v) is 2.25. The van der Waals surface area contributed by atoms with E-state index in [-0.39, 0.29) is 0 Å². The highest BCUT2D eigenvalue weighted by atomic mass is 32.1. The van der Waals surface area contributed by atoms with Crippen LogP contribution in [0.3, 0.4) is 0 Å². The number of nitrogens with one attached hydrogen (secondary N) is 1. The van der Waals surface area contributed by atoms with E-state index in [1.165, 1.54) is 5.56 Å². The molecule has 1 aliphatic heterocycles. The largest absolute Gasteiger partial charge is 0.312 e. The lowest BCUT2D eigenvalue weighted by molar-refractivity contribution is 0.626. The SMILES string of the molecule is c1csc(-c2ncc3c(n2)CCNC3)n1. The second kappa shape index (κ2) is 3.67. The Kier molecular flexibility index (Phi) is 2.19. The predicted molar refractivity (Wildman–Crippen MR) is 58.6 cm³/mol. The highest BCUT2D eigenvalue weighted by Gasteiger charge is 2.12. The van der Waals surface area contributed by atoms with E-state index < -0.39 is 0 Å². The Morgan fingerprint density at radius 2 is 2.33 bits per heavy atom. The lowest BCUT2D eigenvalue weighted by Gasteiger charge is -2.15. The summed E-state index contributed by atoms with van der Waals surface area (Å²) in [4.78, 5) is 13.1. The maximum Gasteiger partial charge on any atom is 0.188 e. The van der Waals surface area contributed by atoms with E-state index in [2.05, 4.69) is 20.3 Å². The van der Waals surface area contributed by atoms with Crippen LogP contribution in [0.2, 0.25) is 0 Å². The molecule has 0 fully saturated rings. The Hall–Kier alpha value is -1.33. The number of aromatic nitrogens is 3. The lowest BCUT2D eigenvalue weighted by atomic mass is 10.1. The quantitative estimate of drug-likeness (QED) is 0.782. The van der Waals surface area contributed by atoms with Gasteiger partial charge in [-0.25, -0.2) is 15.0 Å². The van der Waals surface area contributed by atoms with Gasteiger partial charge in [-0.05, 0) is 0 Å². The molecule has 1 aliphatic rings. The first-order chi connectivity index (χ1) is 7.43. The van der Waals surface area contributed by atoms with E-state index >= 15 is 0 Å². The predicted octanol–water partition coefficient (Wildman–Crippen LogP) is 1.25. The molecular formula is C10H10N4S. The van der Waals surface area contributed by atoms with Crippen molar-refractivity contribution in [1.29, 1.82) is 0 Å². The number of hydrogen-bond donors (Lipinski definition) is 1. The van der Waals surface area contributed by atoms with Crippen LogP contribution in [0.5, 0.6) is 0 Å². The molecule has 3 heterocycles. The third-order valence-corrected chi connectivity index (χ3v) is 3.20. The van der Waals surface area contributed by atoms with Crippen molar-refractivity contribution < 1.29 is 0 Å². The highest BCUT2D eigenvalue weighted by Crippen LogP contribution is 2.19. The molecule has 0 atom stereocenters. The van der Waals surface area contributed by atoms with Gasteiger partial charge in [0.25, 0.3) is 0 Å².